The van der Waals surface area contributed by atoms with Gasteiger partial charge in [0.15, 0.2) is 11.5 Å². The van der Waals surface area contributed by atoms with Gasteiger partial charge < -0.3 is 24.2 Å². The summed E-state index contributed by atoms with van der Waals surface area (Å²) in [6.45, 7) is 9.33. The molecule has 2 aromatic rings. The third kappa shape index (κ3) is 5.59. The van der Waals surface area contributed by atoms with Gasteiger partial charge in [-0.2, -0.15) is 0 Å². The average molecular weight is 497 g/mol. The molecule has 194 valence electrons. The lowest BCUT2D eigenvalue weighted by Gasteiger charge is -2.32. The Balaban J connectivity index is 1.61. The SMILES string of the molecule is COc1cccc(CN(C(=O)CC(C)(C)C)[C@@H]2CN(Cc3ccc4c(c3)OCO4)[C@](C)(C(=O)O)C2)c1. The Morgan fingerprint density at radius 3 is 2.58 bits per heavy atom. The van der Waals surface area contributed by atoms with Gasteiger partial charge in [-0.3, -0.25) is 14.5 Å². The number of amides is 1. The number of fused-ring (bicyclic) bond motifs is 1. The number of carbonyl (C=O) groups excluding carboxylic acids is 1. The van der Waals surface area contributed by atoms with Crippen molar-refractivity contribution in [1.82, 2.24) is 9.80 Å². The Morgan fingerprint density at radius 2 is 1.89 bits per heavy atom. The van der Waals surface area contributed by atoms with E-state index >= 15 is 0 Å². The van der Waals surface area contributed by atoms with Gasteiger partial charge in [0, 0.05) is 32.1 Å². The monoisotopic (exact) mass is 496 g/mol. The molecule has 2 aromatic carbocycles. The van der Waals surface area contributed by atoms with E-state index in [1.54, 1.807) is 14.0 Å². The second kappa shape index (κ2) is 10.0. The van der Waals surface area contributed by atoms with Crippen LogP contribution in [0.15, 0.2) is 42.5 Å². The highest BCUT2D eigenvalue weighted by molar-refractivity contribution is 5.80. The van der Waals surface area contributed by atoms with Crippen LogP contribution in [0.5, 0.6) is 17.2 Å². The van der Waals surface area contributed by atoms with Crippen LogP contribution in [0.25, 0.3) is 0 Å². The Bertz CT molecular complexity index is 1130. The van der Waals surface area contributed by atoms with E-state index in [1.165, 1.54) is 0 Å². The number of benzene rings is 2. The number of carbonyl (C=O) groups is 2. The normalized spacial score (nSPS) is 21.4. The van der Waals surface area contributed by atoms with Gasteiger partial charge in [0.05, 0.1) is 7.11 Å². The molecule has 2 heterocycles. The van der Waals surface area contributed by atoms with Gasteiger partial charge in [-0.05, 0) is 54.2 Å². The van der Waals surface area contributed by atoms with Crippen LogP contribution in [-0.2, 0) is 22.7 Å². The van der Waals surface area contributed by atoms with Crippen molar-refractivity contribution in [3.05, 3.63) is 53.6 Å². The third-order valence-corrected chi connectivity index (χ3v) is 6.96. The van der Waals surface area contributed by atoms with Crippen LogP contribution in [0, 0.1) is 5.41 Å². The maximum absolute atomic E-state index is 13.6. The largest absolute Gasteiger partial charge is 0.497 e. The molecule has 0 unspecified atom stereocenters. The second-order valence-corrected chi connectivity index (χ2v) is 11.1. The molecule has 8 nitrogen and oxygen atoms in total. The molecule has 4 rings (SSSR count). The smallest absolute Gasteiger partial charge is 0.323 e. The summed E-state index contributed by atoms with van der Waals surface area (Å²) in [6.07, 6.45) is 0.714. The summed E-state index contributed by atoms with van der Waals surface area (Å²) >= 11 is 0. The standard InChI is InChI=1S/C28H36N2O6/c1-27(2,3)14-25(31)30(16-19-7-6-8-22(11-19)34-5)21-13-28(4,26(32)33)29(17-21)15-20-9-10-23-24(12-20)36-18-35-23/h6-12,21H,13-18H2,1-5H3,(H,32,33)/t21-,28-/m0/s1. The maximum Gasteiger partial charge on any atom is 0.323 e. The maximum atomic E-state index is 13.6. The lowest BCUT2D eigenvalue weighted by atomic mass is 9.90. The molecule has 2 aliphatic rings. The second-order valence-electron chi connectivity index (χ2n) is 11.1. The molecule has 2 aliphatic heterocycles. The summed E-state index contributed by atoms with van der Waals surface area (Å²) in [6, 6.07) is 13.1. The first-order valence-corrected chi connectivity index (χ1v) is 12.3. The molecular weight excluding hydrogens is 460 g/mol. The molecule has 0 saturated carbocycles. The predicted octanol–water partition coefficient (Wildman–Crippen LogP) is 4.31. The van der Waals surface area contributed by atoms with E-state index in [4.69, 9.17) is 14.2 Å². The molecule has 1 amide bonds. The topological polar surface area (TPSA) is 88.5 Å². The fraction of sp³-hybridized carbons (Fsp3) is 0.500. The molecular formula is C28H36N2O6. The van der Waals surface area contributed by atoms with Crippen LogP contribution in [0.2, 0.25) is 0 Å². The number of rotatable bonds is 8. The minimum atomic E-state index is -1.12. The van der Waals surface area contributed by atoms with Crippen molar-refractivity contribution in [2.75, 3.05) is 20.4 Å². The molecule has 0 bridgehead atoms. The van der Waals surface area contributed by atoms with E-state index in [9.17, 15) is 14.7 Å². The van der Waals surface area contributed by atoms with Crippen molar-refractivity contribution in [2.24, 2.45) is 5.41 Å². The summed E-state index contributed by atoms with van der Waals surface area (Å²) in [5.74, 6) is 1.21. The number of nitrogens with zero attached hydrogens (tertiary/aromatic N) is 2. The summed E-state index contributed by atoms with van der Waals surface area (Å²) in [7, 11) is 1.62. The fourth-order valence-corrected chi connectivity index (χ4v) is 4.98. The van der Waals surface area contributed by atoms with Gasteiger partial charge in [0.2, 0.25) is 12.7 Å². The van der Waals surface area contributed by atoms with Crippen LogP contribution in [-0.4, -0.2) is 58.8 Å². The molecule has 1 fully saturated rings. The predicted molar refractivity (Wildman–Crippen MR) is 135 cm³/mol. The molecule has 36 heavy (non-hydrogen) atoms. The van der Waals surface area contributed by atoms with Crippen molar-refractivity contribution < 1.29 is 28.9 Å². The number of hydrogen-bond acceptors (Lipinski definition) is 6. The highest BCUT2D eigenvalue weighted by Crippen LogP contribution is 2.38. The number of methoxy groups -OCH3 is 1. The summed E-state index contributed by atoms with van der Waals surface area (Å²) in [5, 5.41) is 10.3. The molecule has 0 radical (unpaired) electrons. The highest BCUT2D eigenvalue weighted by atomic mass is 16.7. The van der Waals surface area contributed by atoms with Crippen LogP contribution >= 0.6 is 0 Å². The first-order chi connectivity index (χ1) is 17.0. The minimum absolute atomic E-state index is 0.0213. The molecule has 0 aliphatic carbocycles. The first kappa shape index (κ1) is 25.8. The van der Waals surface area contributed by atoms with Crippen LogP contribution in [0.4, 0.5) is 0 Å². The van der Waals surface area contributed by atoms with E-state index in [-0.39, 0.29) is 24.2 Å². The van der Waals surface area contributed by atoms with Crippen LogP contribution < -0.4 is 14.2 Å². The number of aliphatic carboxylic acids is 1. The highest BCUT2D eigenvalue weighted by Gasteiger charge is 2.50. The van der Waals surface area contributed by atoms with Crippen molar-refractivity contribution in [3.8, 4) is 17.2 Å². The zero-order valence-corrected chi connectivity index (χ0v) is 21.7. The number of likely N-dealkylation sites (tertiary alicyclic amines) is 1. The Morgan fingerprint density at radius 1 is 1.14 bits per heavy atom. The van der Waals surface area contributed by atoms with E-state index in [2.05, 4.69) is 0 Å². The van der Waals surface area contributed by atoms with Gasteiger partial charge in [-0.15, -0.1) is 0 Å². The van der Waals surface area contributed by atoms with Gasteiger partial charge in [-0.1, -0.05) is 39.0 Å². The van der Waals surface area contributed by atoms with E-state index in [0.717, 1.165) is 16.9 Å². The number of carboxylic acids is 1. The lowest BCUT2D eigenvalue weighted by Crippen LogP contribution is -2.47. The van der Waals surface area contributed by atoms with E-state index < -0.39 is 11.5 Å². The number of ether oxygens (including phenoxy) is 3. The van der Waals surface area contributed by atoms with E-state index in [0.29, 0.717) is 44.0 Å². The number of hydrogen-bond donors (Lipinski definition) is 1. The first-order valence-electron chi connectivity index (χ1n) is 12.3. The van der Waals surface area contributed by atoms with Crippen molar-refractivity contribution in [2.45, 2.75) is 65.2 Å². The molecule has 8 heteroatoms. The molecule has 1 N–H and O–H groups in total. The fourth-order valence-electron chi connectivity index (χ4n) is 4.98. The summed E-state index contributed by atoms with van der Waals surface area (Å²) < 4.78 is 16.3. The molecule has 0 spiro atoms. The molecule has 1 saturated heterocycles. The minimum Gasteiger partial charge on any atom is -0.497 e. The van der Waals surface area contributed by atoms with Gasteiger partial charge >= 0.3 is 5.97 Å². The quantitative estimate of drug-likeness (QED) is 0.583. The zero-order valence-electron chi connectivity index (χ0n) is 21.7. The van der Waals surface area contributed by atoms with Crippen molar-refractivity contribution in [3.63, 3.8) is 0 Å². The third-order valence-electron chi connectivity index (χ3n) is 6.96. The lowest BCUT2D eigenvalue weighted by molar-refractivity contribution is -0.149. The van der Waals surface area contributed by atoms with Crippen LogP contribution in [0.1, 0.15) is 51.7 Å². The summed E-state index contributed by atoms with van der Waals surface area (Å²) in [5.41, 5.74) is 0.580. The van der Waals surface area contributed by atoms with Gasteiger partial charge in [0.1, 0.15) is 11.3 Å². The zero-order chi connectivity index (χ0) is 26.1. The summed E-state index contributed by atoms with van der Waals surface area (Å²) in [4.78, 5) is 29.9. The van der Waals surface area contributed by atoms with Gasteiger partial charge in [0.25, 0.3) is 0 Å². The number of carboxylic acid groups (broad SMARTS) is 1. The van der Waals surface area contributed by atoms with Crippen molar-refractivity contribution >= 4 is 11.9 Å². The Kier molecular flexibility index (Phi) is 7.18. The van der Waals surface area contributed by atoms with E-state index in [1.807, 2.05) is 73.0 Å². The van der Waals surface area contributed by atoms with Crippen molar-refractivity contribution in [1.29, 1.82) is 0 Å². The Labute approximate surface area is 212 Å². The average Bonchev–Trinajstić information content (AvgIpc) is 3.41. The van der Waals surface area contributed by atoms with Crippen LogP contribution in [0.3, 0.4) is 0 Å². The molecule has 0 aromatic heterocycles. The molecule has 2 atom stereocenters. The Hall–Kier alpha value is -3.26. The van der Waals surface area contributed by atoms with Gasteiger partial charge in [-0.25, -0.2) is 0 Å².